The fourth-order valence-electron chi connectivity index (χ4n) is 3.34. The van der Waals surface area contributed by atoms with E-state index in [0.29, 0.717) is 5.69 Å². The lowest BCUT2D eigenvalue weighted by atomic mass is 10.1. The molecule has 1 heterocycles. The quantitative estimate of drug-likeness (QED) is 0.344. The van der Waals surface area contributed by atoms with Gasteiger partial charge in [0.25, 0.3) is 17.7 Å². The summed E-state index contributed by atoms with van der Waals surface area (Å²) in [5.74, 6) is -2.15. The molecule has 4 rings (SSSR count). The number of nitrogens with zero attached hydrogens (tertiary/aromatic N) is 1. The van der Waals surface area contributed by atoms with Crippen molar-refractivity contribution in [3.8, 4) is 0 Å². The molecule has 0 radical (unpaired) electrons. The molecule has 0 spiro atoms. The van der Waals surface area contributed by atoms with Crippen molar-refractivity contribution in [2.75, 3.05) is 15.5 Å². The number of nitrogens with one attached hydrogen (secondary N) is 2. The molecule has 6 nitrogen and oxygen atoms in total. The number of benzene rings is 3. The van der Waals surface area contributed by atoms with Crippen LogP contribution >= 0.6 is 34.8 Å². The Kier molecular flexibility index (Phi) is 6.99. The first-order chi connectivity index (χ1) is 17.0. The number of rotatable bonds is 5. The van der Waals surface area contributed by atoms with E-state index in [0.717, 1.165) is 17.0 Å². The zero-order chi connectivity index (χ0) is 26.2. The lowest BCUT2D eigenvalue weighted by Crippen LogP contribution is -2.32. The SMILES string of the molecule is O=C(Nc1ccc(Cl)c(C(F)(F)F)c1)c1ccc(NC2=C(Cl)C(=O)N(c3ccccc3Cl)C2=O)cc1. The molecular formula is C24H13Cl3F3N3O3. The number of halogens is 6. The molecule has 0 saturated heterocycles. The second-order valence-corrected chi connectivity index (χ2v) is 8.63. The largest absolute Gasteiger partial charge is 0.417 e. The van der Waals surface area contributed by atoms with Crippen LogP contribution in [0.4, 0.5) is 30.2 Å². The fourth-order valence-corrected chi connectivity index (χ4v) is 3.99. The lowest BCUT2D eigenvalue weighted by molar-refractivity contribution is -0.137. The maximum atomic E-state index is 13.0. The number of amides is 3. The van der Waals surface area contributed by atoms with Crippen LogP contribution in [0.1, 0.15) is 15.9 Å². The van der Waals surface area contributed by atoms with Crippen LogP contribution < -0.4 is 15.5 Å². The molecule has 0 aliphatic carbocycles. The molecule has 3 amide bonds. The minimum atomic E-state index is -4.68. The average molecular weight is 555 g/mol. The standard InChI is InChI=1S/C24H13Cl3F3N3O3/c25-16-10-9-14(11-15(16)24(28,29)30)32-21(34)12-5-7-13(8-6-12)31-20-19(27)22(35)33(23(20)36)18-4-2-1-3-17(18)26/h1-11,31H,(H,32,34). The Hall–Kier alpha value is -3.53. The maximum absolute atomic E-state index is 13.0. The van der Waals surface area contributed by atoms with Crippen molar-refractivity contribution in [2.45, 2.75) is 6.18 Å². The first kappa shape index (κ1) is 25.6. The van der Waals surface area contributed by atoms with E-state index < -0.39 is 34.5 Å². The van der Waals surface area contributed by atoms with Crippen LogP contribution in [0.15, 0.2) is 77.5 Å². The number of hydrogen-bond donors (Lipinski definition) is 2. The van der Waals surface area contributed by atoms with Crippen molar-refractivity contribution in [2.24, 2.45) is 0 Å². The molecular weight excluding hydrogens is 542 g/mol. The highest BCUT2D eigenvalue weighted by molar-refractivity contribution is 6.53. The van der Waals surface area contributed by atoms with Crippen molar-refractivity contribution in [1.29, 1.82) is 0 Å². The molecule has 1 aliphatic rings. The zero-order valence-corrected chi connectivity index (χ0v) is 20.1. The number of carbonyl (C=O) groups is 3. The Morgan fingerprint density at radius 3 is 2.08 bits per heavy atom. The van der Waals surface area contributed by atoms with Crippen LogP contribution in [0.2, 0.25) is 10.0 Å². The van der Waals surface area contributed by atoms with Crippen LogP contribution in [0.25, 0.3) is 0 Å². The van der Waals surface area contributed by atoms with Crippen LogP contribution in [0.5, 0.6) is 0 Å². The number of hydrogen-bond acceptors (Lipinski definition) is 4. The van der Waals surface area contributed by atoms with E-state index in [1.165, 1.54) is 42.5 Å². The van der Waals surface area contributed by atoms with E-state index in [1.54, 1.807) is 12.1 Å². The van der Waals surface area contributed by atoms with Gasteiger partial charge in [-0.05, 0) is 54.6 Å². The Morgan fingerprint density at radius 1 is 0.806 bits per heavy atom. The van der Waals surface area contributed by atoms with Crippen LogP contribution in [0.3, 0.4) is 0 Å². The zero-order valence-electron chi connectivity index (χ0n) is 17.8. The summed E-state index contributed by atoms with van der Waals surface area (Å²) in [6.45, 7) is 0. The summed E-state index contributed by atoms with van der Waals surface area (Å²) in [5, 5.41) is 4.48. The number of imide groups is 1. The number of alkyl halides is 3. The van der Waals surface area contributed by atoms with Gasteiger partial charge in [0.05, 0.1) is 21.3 Å². The van der Waals surface area contributed by atoms with Crippen molar-refractivity contribution < 1.29 is 27.6 Å². The fraction of sp³-hybridized carbons (Fsp3) is 0.0417. The van der Waals surface area contributed by atoms with E-state index in [9.17, 15) is 27.6 Å². The van der Waals surface area contributed by atoms with Crippen molar-refractivity contribution >= 4 is 69.6 Å². The van der Waals surface area contributed by atoms with Crippen LogP contribution in [-0.4, -0.2) is 17.7 Å². The van der Waals surface area contributed by atoms with Gasteiger partial charge in [0.2, 0.25) is 0 Å². The number of anilines is 3. The smallest absolute Gasteiger partial charge is 0.350 e. The summed E-state index contributed by atoms with van der Waals surface area (Å²) in [6, 6.07) is 14.9. The molecule has 0 bridgehead atoms. The molecule has 12 heteroatoms. The number of para-hydroxylation sites is 1. The van der Waals surface area contributed by atoms with E-state index in [-0.39, 0.29) is 32.7 Å². The summed E-state index contributed by atoms with van der Waals surface area (Å²) < 4.78 is 39.1. The first-order valence-electron chi connectivity index (χ1n) is 10.1. The van der Waals surface area contributed by atoms with E-state index >= 15 is 0 Å². The van der Waals surface area contributed by atoms with Crippen LogP contribution in [-0.2, 0) is 15.8 Å². The van der Waals surface area contributed by atoms with Gasteiger partial charge in [0, 0.05) is 16.9 Å². The van der Waals surface area contributed by atoms with Gasteiger partial charge in [-0.2, -0.15) is 13.2 Å². The molecule has 184 valence electrons. The predicted octanol–water partition coefficient (Wildman–Crippen LogP) is 6.70. The normalized spacial score (nSPS) is 13.9. The van der Waals surface area contributed by atoms with Gasteiger partial charge in [0.15, 0.2) is 0 Å². The molecule has 0 saturated carbocycles. The number of carbonyl (C=O) groups excluding carboxylic acids is 3. The average Bonchev–Trinajstić information content (AvgIpc) is 3.03. The highest BCUT2D eigenvalue weighted by Gasteiger charge is 2.39. The third-order valence-electron chi connectivity index (χ3n) is 5.07. The summed E-state index contributed by atoms with van der Waals surface area (Å²) in [4.78, 5) is 38.8. The molecule has 36 heavy (non-hydrogen) atoms. The van der Waals surface area contributed by atoms with Crippen molar-refractivity contribution in [1.82, 2.24) is 0 Å². The summed E-state index contributed by atoms with van der Waals surface area (Å²) >= 11 is 17.8. The predicted molar refractivity (Wildman–Crippen MR) is 131 cm³/mol. The highest BCUT2D eigenvalue weighted by atomic mass is 35.5. The molecule has 0 fully saturated rings. The van der Waals surface area contributed by atoms with Crippen molar-refractivity contribution in [3.63, 3.8) is 0 Å². The third-order valence-corrected chi connectivity index (χ3v) is 6.07. The lowest BCUT2D eigenvalue weighted by Gasteiger charge is -2.16. The Balaban J connectivity index is 1.49. The van der Waals surface area contributed by atoms with Crippen LogP contribution in [0, 0.1) is 0 Å². The maximum Gasteiger partial charge on any atom is 0.417 e. The molecule has 3 aromatic carbocycles. The summed E-state index contributed by atoms with van der Waals surface area (Å²) in [7, 11) is 0. The summed E-state index contributed by atoms with van der Waals surface area (Å²) in [5.41, 5.74) is -0.728. The van der Waals surface area contributed by atoms with Gasteiger partial charge in [-0.25, -0.2) is 4.90 Å². The van der Waals surface area contributed by atoms with Crippen molar-refractivity contribution in [3.05, 3.63) is 98.6 Å². The highest BCUT2D eigenvalue weighted by Crippen LogP contribution is 2.36. The molecule has 0 unspecified atom stereocenters. The van der Waals surface area contributed by atoms with Gasteiger partial charge in [-0.1, -0.05) is 46.9 Å². The molecule has 2 N–H and O–H groups in total. The Labute approximate surface area is 217 Å². The van der Waals surface area contributed by atoms with E-state index in [2.05, 4.69) is 10.6 Å². The molecule has 1 aliphatic heterocycles. The van der Waals surface area contributed by atoms with Gasteiger partial charge in [0.1, 0.15) is 10.7 Å². The topological polar surface area (TPSA) is 78.5 Å². The third kappa shape index (κ3) is 5.04. The Bertz CT molecular complexity index is 1420. The first-order valence-corrected chi connectivity index (χ1v) is 11.2. The van der Waals surface area contributed by atoms with Gasteiger partial charge in [-0.3, -0.25) is 14.4 Å². The second-order valence-electron chi connectivity index (χ2n) is 7.43. The van der Waals surface area contributed by atoms with Gasteiger partial charge in [-0.15, -0.1) is 0 Å². The van der Waals surface area contributed by atoms with E-state index in [4.69, 9.17) is 34.8 Å². The summed E-state index contributed by atoms with van der Waals surface area (Å²) in [6.07, 6.45) is -4.68. The molecule has 3 aromatic rings. The minimum Gasteiger partial charge on any atom is -0.350 e. The van der Waals surface area contributed by atoms with Gasteiger partial charge >= 0.3 is 6.18 Å². The minimum absolute atomic E-state index is 0.0920. The molecule has 0 aromatic heterocycles. The second kappa shape index (κ2) is 9.85. The van der Waals surface area contributed by atoms with Gasteiger partial charge < -0.3 is 10.6 Å². The molecule has 0 atom stereocenters. The van der Waals surface area contributed by atoms with E-state index in [1.807, 2.05) is 0 Å². The Morgan fingerprint density at radius 2 is 1.44 bits per heavy atom. The monoisotopic (exact) mass is 553 g/mol.